The van der Waals surface area contributed by atoms with Crippen LogP contribution in [-0.2, 0) is 46.5 Å². The minimum absolute atomic E-state index is 0.0913. The van der Waals surface area contributed by atoms with Crippen LogP contribution >= 0.6 is 30.8 Å². The number of halogens is 9. The number of nitrogen functional groups attached to an aromatic ring is 1. The molecule has 6 aromatic rings. The van der Waals surface area contributed by atoms with E-state index in [2.05, 4.69) is 63.6 Å². The molecular weight excluding hydrogens is 1400 g/mol. The number of pyridine rings is 1. The fourth-order valence-electron chi connectivity index (χ4n) is 5.82. The molecule has 5 amide bonds. The normalized spacial score (nSPS) is 11.6. The molecule has 0 saturated heterocycles. The molecule has 1 unspecified atom stereocenters. The van der Waals surface area contributed by atoms with Crippen LogP contribution in [0.2, 0.25) is 10.0 Å². The molecule has 1 atom stereocenters. The molecule has 510 valence electrons. The summed E-state index contributed by atoms with van der Waals surface area (Å²) in [6.07, 6.45) is 3.28. The summed E-state index contributed by atoms with van der Waals surface area (Å²) in [5, 5.41) is 35.8. The van der Waals surface area contributed by atoms with Gasteiger partial charge >= 0.3 is 49.1 Å². The van der Waals surface area contributed by atoms with E-state index in [1.807, 2.05) is 5.32 Å². The number of hydrogen-bond donors (Lipinski definition) is 9. The molecule has 10 N–H and O–H groups in total. The number of urea groups is 2. The Morgan fingerprint density at radius 1 is 0.796 bits per heavy atom. The molecule has 0 saturated carbocycles. The van der Waals surface area contributed by atoms with Crippen molar-refractivity contribution in [1.29, 1.82) is 0 Å². The number of carbonyl (C=O) groups is 5. The maximum atomic E-state index is 12.6. The Morgan fingerprint density at radius 3 is 1.66 bits per heavy atom. The van der Waals surface area contributed by atoms with Crippen LogP contribution in [0.1, 0.15) is 26.3 Å². The van der Waals surface area contributed by atoms with Crippen molar-refractivity contribution in [3.63, 3.8) is 0 Å². The van der Waals surface area contributed by atoms with Crippen LogP contribution in [0, 0.1) is 10.1 Å². The second-order valence-electron chi connectivity index (χ2n) is 17.1. The molecule has 0 spiro atoms. The molecule has 0 aliphatic rings. The van der Waals surface area contributed by atoms with Gasteiger partial charge in [-0.15, -0.1) is 0 Å². The lowest BCUT2D eigenvalue weighted by atomic mass is 10.2. The third-order valence-electron chi connectivity index (χ3n) is 9.30. The second kappa shape index (κ2) is 35.5. The van der Waals surface area contributed by atoms with Gasteiger partial charge < -0.3 is 54.1 Å². The third-order valence-corrected chi connectivity index (χ3v) is 13.2. The number of ether oxygens (including phenoxy) is 4. The maximum absolute atomic E-state index is 12.6. The summed E-state index contributed by atoms with van der Waals surface area (Å²) in [6, 6.07) is 7.40. The van der Waals surface area contributed by atoms with Gasteiger partial charge in [0, 0.05) is 20.3 Å². The number of carboxylic acids is 2. The number of aromatic nitrogens is 7. The zero-order valence-electron chi connectivity index (χ0n) is 48.0. The highest BCUT2D eigenvalue weighted by molar-refractivity contribution is 7.94. The van der Waals surface area contributed by atoms with E-state index in [-0.39, 0.29) is 39.0 Å². The molecule has 0 radical (unpaired) electrons. The van der Waals surface area contributed by atoms with Gasteiger partial charge in [0.15, 0.2) is 5.03 Å². The molecule has 48 heteroatoms. The number of nitrogens with zero attached hydrogens (tertiary/aromatic N) is 9. The molecule has 93 heavy (non-hydrogen) atoms. The summed E-state index contributed by atoms with van der Waals surface area (Å²) >= 11 is 11.5. The highest BCUT2D eigenvalue weighted by Crippen LogP contribution is 2.39. The number of rotatable bonds is 20. The number of alkyl halides is 7. The fourth-order valence-corrected chi connectivity index (χ4v) is 9.01. The zero-order valence-corrected chi connectivity index (χ0v) is 52.8. The quantitative estimate of drug-likeness (QED) is 0.0169. The lowest BCUT2D eigenvalue weighted by Crippen LogP contribution is -2.36. The van der Waals surface area contributed by atoms with E-state index >= 15 is 0 Å². The van der Waals surface area contributed by atoms with Gasteiger partial charge in [-0.1, -0.05) is 35.3 Å². The Balaban J connectivity index is 0.000000434. The molecule has 6 rings (SSSR count). The second-order valence-corrected chi connectivity index (χ2v) is 25.2. The van der Waals surface area contributed by atoms with Crippen molar-refractivity contribution in [3.05, 3.63) is 110 Å². The van der Waals surface area contributed by atoms with Crippen LogP contribution < -0.4 is 55.0 Å². The molecule has 4 aromatic heterocycles. The number of methoxy groups -OCH3 is 2. The molecule has 0 aliphatic carbocycles. The first-order valence-electron chi connectivity index (χ1n) is 23.8. The first-order chi connectivity index (χ1) is 42.9. The average Bonchev–Trinajstić information content (AvgIpc) is 1.77. The van der Waals surface area contributed by atoms with Crippen LogP contribution in [0.3, 0.4) is 0 Å². The SMILES string of the molecule is COc1cc(OC)nc(NC(=O)NS(=O)(=O)c2ncccc2C(=O)N(C)C)n1.C[S+](C)C.Nc1c([N+](=O)[O-])cnn1-c1c(Cl)cc(C(F)(F)F)cc1Cl.O=C(Nc1nc(OC(F)F)cc(OC(F)F)n1)NS(=O)(=O)c1ccccc1C(=O)O.O=C(O)CNCP(=O)([O-])O. The number of amides is 5. The van der Waals surface area contributed by atoms with Crippen molar-refractivity contribution in [2.24, 2.45) is 0 Å². The summed E-state index contributed by atoms with van der Waals surface area (Å²) in [4.78, 5) is 103. The van der Waals surface area contributed by atoms with Gasteiger partial charge in [-0.25, -0.2) is 41.9 Å². The Labute approximate surface area is 531 Å². The summed E-state index contributed by atoms with van der Waals surface area (Å²) < 4.78 is 168. The van der Waals surface area contributed by atoms with Crippen molar-refractivity contribution in [3.8, 4) is 29.2 Å². The Bertz CT molecular complexity index is 3850. The lowest BCUT2D eigenvalue weighted by molar-refractivity contribution is -0.383. The van der Waals surface area contributed by atoms with Crippen molar-refractivity contribution < 1.29 is 120 Å². The third kappa shape index (κ3) is 27.2. The number of anilines is 3. The minimum Gasteiger partial charge on any atom is -0.778 e. The predicted octanol–water partition coefficient (Wildman–Crippen LogP) is 4.34. The number of nitrogens with two attached hydrogens (primary N) is 1. The largest absolute Gasteiger partial charge is 0.778 e. The van der Waals surface area contributed by atoms with E-state index in [1.54, 1.807) is 10.0 Å². The Kier molecular flexibility index (Phi) is 30.5. The number of aliphatic carboxylic acids is 1. The minimum atomic E-state index is -4.71. The van der Waals surface area contributed by atoms with E-state index in [1.165, 1.54) is 74.5 Å². The first kappa shape index (κ1) is 79.9. The number of aromatic carboxylic acids is 1. The van der Waals surface area contributed by atoms with E-state index in [0.717, 1.165) is 23.0 Å². The summed E-state index contributed by atoms with van der Waals surface area (Å²) in [6.45, 7) is -7.30. The van der Waals surface area contributed by atoms with Crippen LogP contribution in [0.5, 0.6) is 23.5 Å². The highest BCUT2D eigenvalue weighted by Gasteiger charge is 2.34. The van der Waals surface area contributed by atoms with Gasteiger partial charge in [0.2, 0.25) is 41.2 Å². The van der Waals surface area contributed by atoms with Crippen LogP contribution in [0.25, 0.3) is 5.69 Å². The summed E-state index contributed by atoms with van der Waals surface area (Å²) in [7, 11) is -7.27. The molecule has 0 bridgehead atoms. The van der Waals surface area contributed by atoms with Crippen LogP contribution in [0.15, 0.2) is 83.0 Å². The van der Waals surface area contributed by atoms with E-state index in [0.29, 0.717) is 29.1 Å². The van der Waals surface area contributed by atoms with Gasteiger partial charge in [-0.3, -0.25) is 35.7 Å². The molecule has 2 aromatic carbocycles. The summed E-state index contributed by atoms with van der Waals surface area (Å²) in [5.74, 6) is -6.69. The van der Waals surface area contributed by atoms with Gasteiger partial charge in [-0.05, 0) is 47.3 Å². The maximum Gasteiger partial charge on any atom is 0.416 e. The summed E-state index contributed by atoms with van der Waals surface area (Å²) in [5.41, 5.74) is 2.95. The predicted molar refractivity (Wildman–Crippen MR) is 310 cm³/mol. The Hall–Kier alpha value is -9.24. The van der Waals surface area contributed by atoms with Crippen molar-refractivity contribution in [2.45, 2.75) is 29.3 Å². The van der Waals surface area contributed by atoms with Crippen molar-refractivity contribution in [2.75, 3.05) is 76.3 Å². The highest BCUT2D eigenvalue weighted by atomic mass is 35.5. The van der Waals surface area contributed by atoms with Crippen molar-refractivity contribution in [1.82, 2.24) is 54.4 Å². The van der Waals surface area contributed by atoms with Crippen molar-refractivity contribution >= 4 is 115 Å². The van der Waals surface area contributed by atoms with Gasteiger partial charge in [-0.2, -0.15) is 64.2 Å². The number of nitrogens with one attached hydrogen (secondary N) is 5. The standard InChI is InChI=1S/C15H18N6O6S.C14H10F4N4O7S.C10H5Cl2F3N4O2.C3H8NO5P.C3H9S/c1-21(2)13(22)9-6-5-7-16-12(9)28(24,25)20-15(23)19-14-17-10(26-3)8-11(18-14)27-4;15-11(16)28-8-5-9(29-12(17)18)20-13(19-8)21-14(25)22-30(26,27)7-4-2-1-3-6(7)10(23)24;11-5-1-4(10(13,14)15)2-6(12)8(5)18-9(16)7(3-17-18)19(20)21;5-3(6)1-4-2-10(7,8)9;1-4(2)3/h5-8H,1-4H3,(H2,17,18,19,20,23);1-5,11-12H,(H,23,24)(H2,19,20,21,22,25);1-3H,16H2;4H,1-2H2,(H,5,6)(H2,7,8,9);1-3H3/q;;;;+1/p-1. The van der Waals surface area contributed by atoms with E-state index < -0.39 is 145 Å². The zero-order chi connectivity index (χ0) is 71.1. The monoisotopic (exact) mass is 1450 g/mol. The topological polar surface area (TPSA) is 506 Å². The number of carboxylic acid groups (broad SMARTS) is 2. The van der Waals surface area contributed by atoms with Gasteiger partial charge in [0.05, 0.1) is 89.6 Å². The molecule has 0 aliphatic heterocycles. The molecule has 35 nitrogen and oxygen atoms in total. The number of sulfonamides is 2. The van der Waals surface area contributed by atoms with Gasteiger partial charge in [0.25, 0.3) is 26.0 Å². The molecule has 0 fully saturated rings. The molecular formula is C45H49Cl2F7N15O20PS3. The van der Waals surface area contributed by atoms with E-state index in [4.69, 9.17) is 53.5 Å². The lowest BCUT2D eigenvalue weighted by Gasteiger charge is -2.14. The number of hydrogen-bond acceptors (Lipinski definition) is 25. The van der Waals surface area contributed by atoms with E-state index in [9.17, 15) is 91.1 Å². The fraction of sp³-hybridized carbons (Fsp3) is 0.267. The molecule has 4 heterocycles. The first-order valence-corrected chi connectivity index (χ1v) is 31.8. The smallest absolute Gasteiger partial charge is 0.416 e. The Morgan fingerprint density at radius 2 is 1.25 bits per heavy atom. The van der Waals surface area contributed by atoms with Crippen LogP contribution in [-0.4, -0.2) is 180 Å². The van der Waals surface area contributed by atoms with Crippen LogP contribution in [0.4, 0.5) is 63.7 Å². The number of nitro groups is 1. The van der Waals surface area contributed by atoms with Gasteiger partial charge in [0.1, 0.15) is 24.4 Å². The number of carbonyl (C=O) groups excluding carboxylic acids is 3. The number of benzene rings is 2. The average molecular weight is 1450 g/mol.